The van der Waals surface area contributed by atoms with Crippen LogP contribution in [0.15, 0.2) is 76.6 Å². The quantitative estimate of drug-likeness (QED) is 0.315. The molecule has 180 valence electrons. The minimum Gasteiger partial charge on any atom is -0.490 e. The van der Waals surface area contributed by atoms with E-state index in [0.29, 0.717) is 41.2 Å². The molecule has 0 aliphatic carbocycles. The van der Waals surface area contributed by atoms with E-state index in [1.54, 1.807) is 42.5 Å². The van der Waals surface area contributed by atoms with Crippen molar-refractivity contribution in [1.29, 1.82) is 0 Å². The highest BCUT2D eigenvalue weighted by Gasteiger charge is 2.31. The third-order valence-corrected chi connectivity index (χ3v) is 5.09. The second-order valence-electron chi connectivity index (χ2n) is 7.46. The molecule has 0 amide bonds. The van der Waals surface area contributed by atoms with Crippen molar-refractivity contribution in [3.8, 4) is 22.9 Å². The molecule has 9 heteroatoms. The normalized spacial score (nSPS) is 11.8. The van der Waals surface area contributed by atoms with Gasteiger partial charge in [0.25, 0.3) is 5.56 Å². The highest BCUT2D eigenvalue weighted by Crippen LogP contribution is 2.32. The lowest BCUT2D eigenvalue weighted by Crippen LogP contribution is -2.20. The molecule has 0 bridgehead atoms. The van der Waals surface area contributed by atoms with Crippen LogP contribution in [-0.4, -0.2) is 29.1 Å². The van der Waals surface area contributed by atoms with Crippen LogP contribution in [0.4, 0.5) is 13.2 Å². The van der Waals surface area contributed by atoms with Gasteiger partial charge in [-0.1, -0.05) is 24.3 Å². The standard InChI is InChI=1S/C26H22F3N3O3/c1-3-34-22-13-12-17(14-23(22)35-4-2)16-30-32-24(18-8-7-9-19(15-18)26(27,28)29)31-21-11-6-5-10-20(21)25(32)33/h5-16H,3-4H2,1-2H3. The number of ether oxygens (including phenoxy) is 2. The summed E-state index contributed by atoms with van der Waals surface area (Å²) in [7, 11) is 0. The summed E-state index contributed by atoms with van der Waals surface area (Å²) < 4.78 is 52.2. The summed E-state index contributed by atoms with van der Waals surface area (Å²) in [5.74, 6) is 1.08. The van der Waals surface area contributed by atoms with E-state index in [4.69, 9.17) is 9.47 Å². The van der Waals surface area contributed by atoms with Crippen LogP contribution >= 0.6 is 0 Å². The highest BCUT2D eigenvalue weighted by atomic mass is 19.4. The molecule has 0 aliphatic rings. The van der Waals surface area contributed by atoms with Gasteiger partial charge in [-0.25, -0.2) is 4.98 Å². The van der Waals surface area contributed by atoms with Crippen LogP contribution in [0.3, 0.4) is 0 Å². The SMILES string of the molecule is CCOc1ccc(C=Nn2c(-c3cccc(C(F)(F)F)c3)nc3ccccc3c2=O)cc1OCC. The number of halogens is 3. The van der Waals surface area contributed by atoms with Gasteiger partial charge in [-0.3, -0.25) is 4.79 Å². The molecule has 0 radical (unpaired) electrons. The topological polar surface area (TPSA) is 65.7 Å². The zero-order valence-electron chi connectivity index (χ0n) is 19.0. The number of aromatic nitrogens is 2. The summed E-state index contributed by atoms with van der Waals surface area (Å²) in [6, 6.07) is 16.4. The summed E-state index contributed by atoms with van der Waals surface area (Å²) >= 11 is 0. The minimum absolute atomic E-state index is 0.00739. The zero-order chi connectivity index (χ0) is 25.0. The van der Waals surface area contributed by atoms with Crippen LogP contribution in [0.5, 0.6) is 11.5 Å². The lowest BCUT2D eigenvalue weighted by molar-refractivity contribution is -0.137. The molecule has 6 nitrogen and oxygen atoms in total. The Morgan fingerprint density at radius 2 is 1.69 bits per heavy atom. The van der Waals surface area contributed by atoms with Crippen LogP contribution in [0.25, 0.3) is 22.3 Å². The maximum atomic E-state index is 13.3. The summed E-state index contributed by atoms with van der Waals surface area (Å²) in [6.45, 7) is 4.60. The van der Waals surface area contributed by atoms with E-state index in [9.17, 15) is 18.0 Å². The molecular formula is C26H22F3N3O3. The van der Waals surface area contributed by atoms with E-state index in [1.165, 1.54) is 18.3 Å². The Morgan fingerprint density at radius 1 is 0.943 bits per heavy atom. The Kier molecular flexibility index (Phi) is 6.86. The Balaban J connectivity index is 1.86. The summed E-state index contributed by atoms with van der Waals surface area (Å²) in [5.41, 5.74) is -0.277. The Hall–Kier alpha value is -4.14. The van der Waals surface area contributed by atoms with Crippen molar-refractivity contribution in [3.63, 3.8) is 0 Å². The molecule has 3 aromatic carbocycles. The molecule has 1 heterocycles. The van der Waals surface area contributed by atoms with E-state index in [2.05, 4.69) is 10.1 Å². The van der Waals surface area contributed by atoms with Crippen molar-refractivity contribution in [2.75, 3.05) is 13.2 Å². The molecule has 35 heavy (non-hydrogen) atoms. The minimum atomic E-state index is -4.54. The number of hydrogen-bond donors (Lipinski definition) is 0. The van der Waals surface area contributed by atoms with Crippen LogP contribution in [0.1, 0.15) is 25.0 Å². The first kappa shape index (κ1) is 24.0. The molecule has 0 saturated carbocycles. The van der Waals surface area contributed by atoms with Gasteiger partial charge in [0.1, 0.15) is 0 Å². The van der Waals surface area contributed by atoms with E-state index >= 15 is 0 Å². The Bertz CT molecular complexity index is 1450. The molecule has 4 aromatic rings. The highest BCUT2D eigenvalue weighted by molar-refractivity contribution is 5.82. The fraction of sp³-hybridized carbons (Fsp3) is 0.192. The molecule has 0 fully saturated rings. The molecule has 1 aromatic heterocycles. The van der Waals surface area contributed by atoms with Gasteiger partial charge in [0.15, 0.2) is 17.3 Å². The second-order valence-corrected chi connectivity index (χ2v) is 7.46. The van der Waals surface area contributed by atoms with Gasteiger partial charge >= 0.3 is 6.18 Å². The monoisotopic (exact) mass is 481 g/mol. The van der Waals surface area contributed by atoms with Gasteiger partial charge in [0, 0.05) is 5.56 Å². The van der Waals surface area contributed by atoms with Crippen molar-refractivity contribution < 1.29 is 22.6 Å². The number of benzene rings is 3. The number of fused-ring (bicyclic) bond motifs is 1. The fourth-order valence-corrected chi connectivity index (χ4v) is 3.52. The third-order valence-electron chi connectivity index (χ3n) is 5.09. The maximum Gasteiger partial charge on any atom is 0.416 e. The number of hydrogen-bond acceptors (Lipinski definition) is 5. The average Bonchev–Trinajstić information content (AvgIpc) is 2.84. The van der Waals surface area contributed by atoms with E-state index in [-0.39, 0.29) is 11.4 Å². The molecular weight excluding hydrogens is 459 g/mol. The zero-order valence-corrected chi connectivity index (χ0v) is 19.0. The average molecular weight is 481 g/mol. The number of alkyl halides is 3. The number of rotatable bonds is 7. The van der Waals surface area contributed by atoms with Crippen molar-refractivity contribution in [2.24, 2.45) is 5.10 Å². The smallest absolute Gasteiger partial charge is 0.416 e. The summed E-state index contributed by atoms with van der Waals surface area (Å²) in [5, 5.41) is 4.60. The maximum absolute atomic E-state index is 13.3. The van der Waals surface area contributed by atoms with E-state index in [0.717, 1.165) is 16.8 Å². The van der Waals surface area contributed by atoms with Crippen LogP contribution in [0.2, 0.25) is 0 Å². The first-order chi connectivity index (χ1) is 16.8. The van der Waals surface area contributed by atoms with Gasteiger partial charge in [0.05, 0.1) is 35.9 Å². The van der Waals surface area contributed by atoms with Crippen LogP contribution in [0, 0.1) is 0 Å². The molecule has 0 unspecified atom stereocenters. The predicted molar refractivity (Wildman–Crippen MR) is 128 cm³/mol. The third kappa shape index (κ3) is 5.18. The molecule has 0 aliphatic heterocycles. The van der Waals surface area contributed by atoms with E-state index < -0.39 is 17.3 Å². The van der Waals surface area contributed by atoms with E-state index in [1.807, 2.05) is 13.8 Å². The molecule has 0 saturated heterocycles. The van der Waals surface area contributed by atoms with Gasteiger partial charge in [0.2, 0.25) is 0 Å². The summed E-state index contributed by atoms with van der Waals surface area (Å²) in [6.07, 6.45) is -3.12. The first-order valence-electron chi connectivity index (χ1n) is 10.9. The van der Waals surface area contributed by atoms with Crippen molar-refractivity contribution in [2.45, 2.75) is 20.0 Å². The van der Waals surface area contributed by atoms with Gasteiger partial charge in [-0.2, -0.15) is 22.9 Å². The Morgan fingerprint density at radius 3 is 2.43 bits per heavy atom. The fourth-order valence-electron chi connectivity index (χ4n) is 3.52. The lowest BCUT2D eigenvalue weighted by atomic mass is 10.1. The predicted octanol–water partition coefficient (Wildman–Crippen LogP) is 5.76. The number of nitrogens with zero attached hydrogens (tertiary/aromatic N) is 3. The lowest BCUT2D eigenvalue weighted by Gasteiger charge is -2.12. The second kappa shape index (κ2) is 10.0. The van der Waals surface area contributed by atoms with Crippen LogP contribution < -0.4 is 15.0 Å². The van der Waals surface area contributed by atoms with Crippen molar-refractivity contribution >= 4 is 17.1 Å². The van der Waals surface area contributed by atoms with Crippen LogP contribution in [-0.2, 0) is 6.18 Å². The largest absolute Gasteiger partial charge is 0.490 e. The number of para-hydroxylation sites is 1. The summed E-state index contributed by atoms with van der Waals surface area (Å²) in [4.78, 5) is 17.7. The van der Waals surface area contributed by atoms with Crippen molar-refractivity contribution in [3.05, 3.63) is 88.2 Å². The Labute approximate surface area is 199 Å². The van der Waals surface area contributed by atoms with Gasteiger partial charge in [-0.05, 0) is 61.9 Å². The molecule has 0 atom stereocenters. The first-order valence-corrected chi connectivity index (χ1v) is 10.9. The molecule has 0 N–H and O–H groups in total. The molecule has 4 rings (SSSR count). The van der Waals surface area contributed by atoms with Gasteiger partial charge < -0.3 is 9.47 Å². The van der Waals surface area contributed by atoms with Gasteiger partial charge in [-0.15, -0.1) is 0 Å². The van der Waals surface area contributed by atoms with Crippen molar-refractivity contribution in [1.82, 2.24) is 9.66 Å². The molecule has 0 spiro atoms.